The van der Waals surface area contributed by atoms with Crippen molar-refractivity contribution in [2.24, 2.45) is 0 Å². The molecule has 1 atom stereocenters. The summed E-state index contributed by atoms with van der Waals surface area (Å²) in [5.41, 5.74) is 3.22. The Labute approximate surface area is 112 Å². The summed E-state index contributed by atoms with van der Waals surface area (Å²) in [7, 11) is 0. The summed E-state index contributed by atoms with van der Waals surface area (Å²) in [6.45, 7) is 3.94. The molecule has 0 aliphatic carbocycles. The summed E-state index contributed by atoms with van der Waals surface area (Å²) in [6.07, 6.45) is 1.59. The number of hydrogen-bond acceptors (Lipinski definition) is 3. The Hall–Kier alpha value is -2.47. The van der Waals surface area contributed by atoms with Gasteiger partial charge in [0.2, 0.25) is 0 Å². The second-order valence-corrected chi connectivity index (χ2v) is 4.48. The first-order chi connectivity index (χ1) is 9.13. The minimum Gasteiger partial charge on any atom is -0.292 e. The van der Waals surface area contributed by atoms with E-state index in [9.17, 15) is 10.1 Å². The van der Waals surface area contributed by atoms with Crippen molar-refractivity contribution in [2.75, 3.05) is 0 Å². The van der Waals surface area contributed by atoms with Gasteiger partial charge in [-0.1, -0.05) is 18.2 Å². The van der Waals surface area contributed by atoms with E-state index in [4.69, 9.17) is 0 Å². The zero-order chi connectivity index (χ0) is 13.8. The van der Waals surface area contributed by atoms with Gasteiger partial charge in [0.1, 0.15) is 0 Å². The normalized spacial score (nSPS) is 11.6. The van der Waals surface area contributed by atoms with Crippen LogP contribution < -0.4 is 0 Å². The van der Waals surface area contributed by atoms with Crippen LogP contribution in [-0.4, -0.2) is 10.8 Å². The van der Waals surface area contributed by atoms with Crippen molar-refractivity contribution in [1.82, 2.24) is 4.98 Å². The molecule has 1 aromatic carbocycles. The maximum absolute atomic E-state index is 12.4. The first-order valence-electron chi connectivity index (χ1n) is 6.05. The lowest BCUT2D eigenvalue weighted by Crippen LogP contribution is -2.12. The van der Waals surface area contributed by atoms with Gasteiger partial charge in [0.05, 0.1) is 11.8 Å². The van der Waals surface area contributed by atoms with Crippen LogP contribution >= 0.6 is 0 Å². The van der Waals surface area contributed by atoms with E-state index < -0.39 is 5.92 Å². The number of nitrogens with zero attached hydrogens (tertiary/aromatic N) is 2. The van der Waals surface area contributed by atoms with Gasteiger partial charge in [0.15, 0.2) is 11.7 Å². The Morgan fingerprint density at radius 1 is 1.21 bits per heavy atom. The Balaban J connectivity index is 2.37. The highest BCUT2D eigenvalue weighted by atomic mass is 16.1. The third kappa shape index (κ3) is 2.69. The molecule has 3 heteroatoms. The van der Waals surface area contributed by atoms with E-state index in [-0.39, 0.29) is 5.78 Å². The molecule has 3 nitrogen and oxygen atoms in total. The fourth-order valence-electron chi connectivity index (χ4n) is 1.87. The van der Waals surface area contributed by atoms with Gasteiger partial charge in [-0.3, -0.25) is 9.78 Å². The zero-order valence-corrected chi connectivity index (χ0v) is 10.9. The fourth-order valence-corrected chi connectivity index (χ4v) is 1.87. The number of aryl methyl sites for hydroxylation is 2. The first kappa shape index (κ1) is 13.0. The molecule has 0 radical (unpaired) electrons. The lowest BCUT2D eigenvalue weighted by molar-refractivity contribution is 0.0977. The molecule has 94 valence electrons. The maximum Gasteiger partial charge on any atom is 0.186 e. The Kier molecular flexibility index (Phi) is 3.72. The number of ketones is 1. The number of carbonyl (C=O) groups excluding carboxylic acids is 1. The number of pyridine rings is 1. The van der Waals surface area contributed by atoms with E-state index in [0.29, 0.717) is 11.3 Å². The van der Waals surface area contributed by atoms with Gasteiger partial charge in [-0.2, -0.15) is 5.26 Å². The van der Waals surface area contributed by atoms with E-state index in [2.05, 4.69) is 4.98 Å². The third-order valence-electron chi connectivity index (χ3n) is 3.17. The summed E-state index contributed by atoms with van der Waals surface area (Å²) >= 11 is 0. The summed E-state index contributed by atoms with van der Waals surface area (Å²) in [5.74, 6) is -1.05. The molecule has 1 heterocycles. The highest BCUT2D eigenvalue weighted by Crippen LogP contribution is 2.20. The van der Waals surface area contributed by atoms with Crippen LogP contribution in [0.15, 0.2) is 42.6 Å². The minimum atomic E-state index is -0.844. The highest BCUT2D eigenvalue weighted by molar-refractivity contribution is 6.02. The van der Waals surface area contributed by atoms with Crippen LogP contribution in [0.5, 0.6) is 0 Å². The quantitative estimate of drug-likeness (QED) is 0.786. The minimum absolute atomic E-state index is 0.204. The molecule has 0 aliphatic heterocycles. The van der Waals surface area contributed by atoms with Gasteiger partial charge in [0.25, 0.3) is 0 Å². The molecule has 0 saturated heterocycles. The van der Waals surface area contributed by atoms with Crippen LogP contribution in [0.25, 0.3) is 0 Å². The van der Waals surface area contributed by atoms with Crippen LogP contribution in [-0.2, 0) is 0 Å². The van der Waals surface area contributed by atoms with Gasteiger partial charge in [-0.05, 0) is 43.2 Å². The summed E-state index contributed by atoms with van der Waals surface area (Å²) < 4.78 is 0. The third-order valence-corrected chi connectivity index (χ3v) is 3.17. The molecular weight excluding hydrogens is 236 g/mol. The van der Waals surface area contributed by atoms with E-state index in [1.807, 2.05) is 32.0 Å². The van der Waals surface area contributed by atoms with Crippen molar-refractivity contribution >= 4 is 5.78 Å². The SMILES string of the molecule is Cc1ccc(C(=O)C(C#N)c2ccccn2)cc1C. The monoisotopic (exact) mass is 250 g/mol. The maximum atomic E-state index is 12.4. The molecule has 19 heavy (non-hydrogen) atoms. The number of Topliss-reactive ketones (excluding diaryl/α,β-unsaturated/α-hetero) is 1. The molecule has 0 bridgehead atoms. The van der Waals surface area contributed by atoms with Crippen molar-refractivity contribution in [3.8, 4) is 6.07 Å². The number of carbonyl (C=O) groups is 1. The van der Waals surface area contributed by atoms with Gasteiger partial charge in [-0.15, -0.1) is 0 Å². The lowest BCUT2D eigenvalue weighted by atomic mass is 9.93. The molecule has 2 aromatic rings. The van der Waals surface area contributed by atoms with Crippen molar-refractivity contribution in [3.63, 3.8) is 0 Å². The number of benzene rings is 1. The predicted octanol–water partition coefficient (Wildman–Crippen LogP) is 3.19. The van der Waals surface area contributed by atoms with Crippen LogP contribution in [0.2, 0.25) is 0 Å². The number of hydrogen-bond donors (Lipinski definition) is 0. The number of aromatic nitrogens is 1. The molecule has 0 aliphatic rings. The molecule has 0 amide bonds. The predicted molar refractivity (Wildman–Crippen MR) is 72.8 cm³/mol. The topological polar surface area (TPSA) is 53.8 Å². The van der Waals surface area contributed by atoms with Crippen molar-refractivity contribution < 1.29 is 4.79 Å². The van der Waals surface area contributed by atoms with Crippen molar-refractivity contribution in [2.45, 2.75) is 19.8 Å². The molecule has 0 N–H and O–H groups in total. The molecular formula is C16H14N2O. The largest absolute Gasteiger partial charge is 0.292 e. The number of rotatable bonds is 3. The summed E-state index contributed by atoms with van der Waals surface area (Å²) in [4.78, 5) is 16.5. The average molecular weight is 250 g/mol. The van der Waals surface area contributed by atoms with Gasteiger partial charge >= 0.3 is 0 Å². The molecule has 1 aromatic heterocycles. The lowest BCUT2D eigenvalue weighted by Gasteiger charge is -2.09. The van der Waals surface area contributed by atoms with E-state index >= 15 is 0 Å². The van der Waals surface area contributed by atoms with Crippen molar-refractivity contribution in [1.29, 1.82) is 5.26 Å². The molecule has 2 rings (SSSR count). The molecule has 1 unspecified atom stereocenters. The summed E-state index contributed by atoms with van der Waals surface area (Å²) in [6, 6.07) is 12.8. The van der Waals surface area contributed by atoms with Crippen LogP contribution in [0.1, 0.15) is 33.1 Å². The van der Waals surface area contributed by atoms with E-state index in [0.717, 1.165) is 11.1 Å². The molecule has 0 saturated carbocycles. The van der Waals surface area contributed by atoms with Gasteiger partial charge in [0, 0.05) is 11.8 Å². The highest BCUT2D eigenvalue weighted by Gasteiger charge is 2.22. The Bertz CT molecular complexity index is 642. The fraction of sp³-hybridized carbons (Fsp3) is 0.188. The van der Waals surface area contributed by atoms with E-state index in [1.54, 1.807) is 30.5 Å². The van der Waals surface area contributed by atoms with Crippen molar-refractivity contribution in [3.05, 3.63) is 65.0 Å². The Morgan fingerprint density at radius 2 is 2.00 bits per heavy atom. The zero-order valence-electron chi connectivity index (χ0n) is 10.9. The van der Waals surface area contributed by atoms with Crippen LogP contribution in [0.3, 0.4) is 0 Å². The average Bonchev–Trinajstić information content (AvgIpc) is 2.44. The first-order valence-corrected chi connectivity index (χ1v) is 6.05. The second kappa shape index (κ2) is 5.45. The van der Waals surface area contributed by atoms with Gasteiger partial charge < -0.3 is 0 Å². The molecule has 0 fully saturated rings. The van der Waals surface area contributed by atoms with Crippen LogP contribution in [0, 0.1) is 25.2 Å². The second-order valence-electron chi connectivity index (χ2n) is 4.48. The number of nitriles is 1. The molecule has 0 spiro atoms. The smallest absolute Gasteiger partial charge is 0.186 e. The van der Waals surface area contributed by atoms with Crippen LogP contribution in [0.4, 0.5) is 0 Å². The standard InChI is InChI=1S/C16H14N2O/c1-11-6-7-13(9-12(11)2)16(19)14(10-17)15-5-3-4-8-18-15/h3-9,14H,1-2H3. The Morgan fingerprint density at radius 3 is 2.58 bits per heavy atom. The van der Waals surface area contributed by atoms with E-state index in [1.165, 1.54) is 0 Å². The van der Waals surface area contributed by atoms with Gasteiger partial charge in [-0.25, -0.2) is 0 Å². The summed E-state index contributed by atoms with van der Waals surface area (Å²) in [5, 5.41) is 9.22.